The van der Waals surface area contributed by atoms with Gasteiger partial charge in [0, 0.05) is 12.4 Å². The molecule has 1 fully saturated rings. The van der Waals surface area contributed by atoms with Crippen LogP contribution in [0.15, 0.2) is 24.5 Å². The fourth-order valence-electron chi connectivity index (χ4n) is 3.39. The summed E-state index contributed by atoms with van der Waals surface area (Å²) in [6.07, 6.45) is 10.1. The van der Waals surface area contributed by atoms with E-state index in [4.69, 9.17) is 10.5 Å². The number of hydrogen-bond acceptors (Lipinski definition) is 5. The first kappa shape index (κ1) is 22.4. The molecule has 3 N–H and O–H groups in total. The highest BCUT2D eigenvalue weighted by Crippen LogP contribution is 2.27. The minimum Gasteiger partial charge on any atom is -0.466 e. The number of halogens is 1. The SMILES string of the molecule is CCOC(=O)C[C@@H](NC(=O)[C@@H](N)CC1CCCCC1)c1cccnc1.Cl. The Balaban J connectivity index is 0.00000338. The number of rotatable bonds is 8. The molecule has 1 aliphatic rings. The number of esters is 1. The molecule has 0 aliphatic heterocycles. The molecule has 0 bridgehead atoms. The van der Waals surface area contributed by atoms with E-state index in [1.54, 1.807) is 25.4 Å². The second-order valence-corrected chi connectivity index (χ2v) is 6.70. The summed E-state index contributed by atoms with van der Waals surface area (Å²) < 4.78 is 5.02. The normalized spacial score (nSPS) is 16.8. The van der Waals surface area contributed by atoms with Gasteiger partial charge in [0.25, 0.3) is 0 Å². The highest BCUT2D eigenvalue weighted by Gasteiger charge is 2.25. The number of pyridine rings is 1. The molecule has 1 saturated carbocycles. The Labute approximate surface area is 161 Å². The Bertz CT molecular complexity index is 550. The zero-order chi connectivity index (χ0) is 18.1. The molecule has 6 nitrogen and oxygen atoms in total. The molecule has 1 heterocycles. The van der Waals surface area contributed by atoms with E-state index in [1.165, 1.54) is 19.3 Å². The average Bonchev–Trinajstić information content (AvgIpc) is 2.63. The first-order valence-electron chi connectivity index (χ1n) is 9.21. The molecule has 0 radical (unpaired) electrons. The van der Waals surface area contributed by atoms with Crippen LogP contribution in [-0.2, 0) is 14.3 Å². The second-order valence-electron chi connectivity index (χ2n) is 6.70. The highest BCUT2D eigenvalue weighted by molar-refractivity contribution is 5.85. The minimum absolute atomic E-state index is 0. The standard InChI is InChI=1S/C19H29N3O3.ClH/c1-2-25-18(23)12-17(15-9-6-10-21-13-15)22-19(24)16(20)11-14-7-4-3-5-8-14;/h6,9-10,13-14,16-17H,2-5,7-8,11-12,20H2,1H3,(H,22,24);1H/t16-,17+;/m0./s1. The first-order valence-corrected chi connectivity index (χ1v) is 9.21. The summed E-state index contributed by atoms with van der Waals surface area (Å²) >= 11 is 0. The number of nitrogens with one attached hydrogen (secondary N) is 1. The molecule has 0 aromatic carbocycles. The molecule has 146 valence electrons. The van der Waals surface area contributed by atoms with Crippen molar-refractivity contribution in [2.45, 2.75) is 64.0 Å². The minimum atomic E-state index is -0.551. The molecular formula is C19H30ClN3O3. The van der Waals surface area contributed by atoms with Crippen LogP contribution in [0.25, 0.3) is 0 Å². The fraction of sp³-hybridized carbons (Fsp3) is 0.632. The van der Waals surface area contributed by atoms with E-state index in [0.29, 0.717) is 18.9 Å². The highest BCUT2D eigenvalue weighted by atomic mass is 35.5. The van der Waals surface area contributed by atoms with Crippen LogP contribution in [0, 0.1) is 5.92 Å². The molecule has 1 aliphatic carbocycles. The largest absolute Gasteiger partial charge is 0.466 e. The number of hydrogen-bond donors (Lipinski definition) is 2. The van der Waals surface area contributed by atoms with Crippen LogP contribution in [0.5, 0.6) is 0 Å². The van der Waals surface area contributed by atoms with Crippen molar-refractivity contribution in [2.24, 2.45) is 11.7 Å². The number of amides is 1. The van der Waals surface area contributed by atoms with Gasteiger partial charge in [0.1, 0.15) is 0 Å². The number of carbonyl (C=O) groups is 2. The van der Waals surface area contributed by atoms with Gasteiger partial charge in [0.2, 0.25) is 5.91 Å². The predicted molar refractivity (Wildman–Crippen MR) is 103 cm³/mol. The van der Waals surface area contributed by atoms with Crippen LogP contribution < -0.4 is 11.1 Å². The quantitative estimate of drug-likeness (QED) is 0.673. The van der Waals surface area contributed by atoms with E-state index in [-0.39, 0.29) is 30.7 Å². The van der Waals surface area contributed by atoms with Crippen LogP contribution in [0.4, 0.5) is 0 Å². The monoisotopic (exact) mass is 383 g/mol. The summed E-state index contributed by atoms with van der Waals surface area (Å²) in [7, 11) is 0. The zero-order valence-corrected chi connectivity index (χ0v) is 16.2. The van der Waals surface area contributed by atoms with E-state index in [1.807, 2.05) is 6.07 Å². The van der Waals surface area contributed by atoms with E-state index in [0.717, 1.165) is 18.4 Å². The van der Waals surface area contributed by atoms with Crippen LogP contribution >= 0.6 is 12.4 Å². The van der Waals surface area contributed by atoms with Crippen molar-refractivity contribution in [3.8, 4) is 0 Å². The summed E-state index contributed by atoms with van der Waals surface area (Å²) in [5.41, 5.74) is 6.89. The lowest BCUT2D eigenvalue weighted by Gasteiger charge is -2.25. The van der Waals surface area contributed by atoms with Gasteiger partial charge in [-0.3, -0.25) is 14.6 Å². The molecule has 0 spiro atoms. The molecule has 26 heavy (non-hydrogen) atoms. The third-order valence-corrected chi connectivity index (χ3v) is 4.73. The third-order valence-electron chi connectivity index (χ3n) is 4.73. The Kier molecular flexibility index (Phi) is 10.2. The van der Waals surface area contributed by atoms with Gasteiger partial charge in [-0.2, -0.15) is 0 Å². The lowest BCUT2D eigenvalue weighted by atomic mass is 9.85. The van der Waals surface area contributed by atoms with E-state index in [2.05, 4.69) is 10.3 Å². The van der Waals surface area contributed by atoms with Crippen molar-refractivity contribution in [1.29, 1.82) is 0 Å². The molecule has 2 atom stereocenters. The summed E-state index contributed by atoms with van der Waals surface area (Å²) in [6.45, 7) is 2.07. The van der Waals surface area contributed by atoms with Crippen molar-refractivity contribution in [3.63, 3.8) is 0 Å². The zero-order valence-electron chi connectivity index (χ0n) is 15.4. The van der Waals surface area contributed by atoms with Crippen molar-refractivity contribution < 1.29 is 14.3 Å². The number of carbonyl (C=O) groups excluding carboxylic acids is 2. The van der Waals surface area contributed by atoms with Gasteiger partial charge in [0.05, 0.1) is 25.1 Å². The maximum atomic E-state index is 12.5. The molecule has 2 rings (SSSR count). The third kappa shape index (κ3) is 7.30. The van der Waals surface area contributed by atoms with Crippen LogP contribution in [0.2, 0.25) is 0 Å². The fourth-order valence-corrected chi connectivity index (χ4v) is 3.39. The van der Waals surface area contributed by atoms with Gasteiger partial charge in [-0.25, -0.2) is 0 Å². The Morgan fingerprint density at radius 2 is 2.08 bits per heavy atom. The first-order chi connectivity index (χ1) is 12.1. The maximum absolute atomic E-state index is 12.5. The van der Waals surface area contributed by atoms with Crippen LogP contribution in [-0.4, -0.2) is 29.5 Å². The Hall–Kier alpha value is -1.66. The van der Waals surface area contributed by atoms with Crippen molar-refractivity contribution in [3.05, 3.63) is 30.1 Å². The Morgan fingerprint density at radius 1 is 1.35 bits per heavy atom. The van der Waals surface area contributed by atoms with Gasteiger partial charge >= 0.3 is 5.97 Å². The summed E-state index contributed by atoms with van der Waals surface area (Å²) in [4.78, 5) is 28.5. The number of nitrogens with zero attached hydrogens (tertiary/aromatic N) is 1. The number of ether oxygens (including phenoxy) is 1. The van der Waals surface area contributed by atoms with E-state index >= 15 is 0 Å². The predicted octanol–water partition coefficient (Wildman–Crippen LogP) is 2.91. The van der Waals surface area contributed by atoms with Crippen molar-refractivity contribution in [2.75, 3.05) is 6.61 Å². The second kappa shape index (κ2) is 11.9. The van der Waals surface area contributed by atoms with Gasteiger partial charge < -0.3 is 15.8 Å². The van der Waals surface area contributed by atoms with Crippen LogP contribution in [0.1, 0.15) is 63.5 Å². The van der Waals surface area contributed by atoms with Gasteiger partial charge in [-0.15, -0.1) is 12.4 Å². The van der Waals surface area contributed by atoms with Gasteiger partial charge in [-0.05, 0) is 30.9 Å². The summed E-state index contributed by atoms with van der Waals surface area (Å²) in [5.74, 6) is -0.0439. The maximum Gasteiger partial charge on any atom is 0.308 e. The van der Waals surface area contributed by atoms with Crippen molar-refractivity contribution >= 4 is 24.3 Å². The lowest BCUT2D eigenvalue weighted by molar-refractivity contribution is -0.143. The molecule has 1 aromatic rings. The molecule has 1 aromatic heterocycles. The molecular weight excluding hydrogens is 354 g/mol. The van der Waals surface area contributed by atoms with E-state index in [9.17, 15) is 9.59 Å². The lowest BCUT2D eigenvalue weighted by Crippen LogP contribution is -2.44. The summed E-state index contributed by atoms with van der Waals surface area (Å²) in [5, 5.41) is 2.91. The van der Waals surface area contributed by atoms with E-state index < -0.39 is 12.1 Å². The molecule has 0 unspecified atom stereocenters. The number of aromatic nitrogens is 1. The molecule has 7 heteroatoms. The average molecular weight is 384 g/mol. The van der Waals surface area contributed by atoms with Gasteiger partial charge in [-0.1, -0.05) is 38.2 Å². The molecule has 1 amide bonds. The Morgan fingerprint density at radius 3 is 2.69 bits per heavy atom. The summed E-state index contributed by atoms with van der Waals surface area (Å²) in [6, 6.07) is 2.59. The topological polar surface area (TPSA) is 94.3 Å². The van der Waals surface area contributed by atoms with Crippen molar-refractivity contribution in [1.82, 2.24) is 10.3 Å². The van der Waals surface area contributed by atoms with Gasteiger partial charge in [0.15, 0.2) is 0 Å². The molecule has 0 saturated heterocycles. The number of nitrogens with two attached hydrogens (primary N) is 1. The smallest absolute Gasteiger partial charge is 0.308 e. The van der Waals surface area contributed by atoms with Crippen LogP contribution in [0.3, 0.4) is 0 Å².